The molecule has 6 heteroatoms. The van der Waals surface area contributed by atoms with Crippen molar-refractivity contribution in [3.05, 3.63) is 29.3 Å². The summed E-state index contributed by atoms with van der Waals surface area (Å²) < 4.78 is 49.9. The number of thiocarbonyl (C=S) groups is 1. The molecule has 1 nitrogen and oxygen atoms in total. The molecule has 1 rings (SSSR count). The summed E-state index contributed by atoms with van der Waals surface area (Å²) in [7, 11) is 0. The molecule has 1 aromatic carbocycles. The van der Waals surface area contributed by atoms with E-state index in [0.29, 0.717) is 6.07 Å². The van der Waals surface area contributed by atoms with Crippen LogP contribution in [-0.4, -0.2) is 5.16 Å². The smallest absolute Gasteiger partial charge is 0.199 e. The SMILES string of the molecule is Fc1cc(N=C=S)c(F)c(F)c1F. The molecule has 1 aromatic rings. The summed E-state index contributed by atoms with van der Waals surface area (Å²) in [6.45, 7) is 0. The van der Waals surface area contributed by atoms with E-state index in [1.165, 1.54) is 0 Å². The third-order valence-electron chi connectivity index (χ3n) is 1.25. The van der Waals surface area contributed by atoms with E-state index in [1.807, 2.05) is 0 Å². The van der Waals surface area contributed by atoms with Crippen LogP contribution in [0.25, 0.3) is 0 Å². The summed E-state index contributed by atoms with van der Waals surface area (Å²) >= 11 is 4.09. The first-order valence-corrected chi connectivity index (χ1v) is 3.39. The van der Waals surface area contributed by atoms with Gasteiger partial charge in [-0.3, -0.25) is 0 Å². The predicted octanol–water partition coefficient (Wildman–Crippen LogP) is 2.98. The highest BCUT2D eigenvalue weighted by Gasteiger charge is 2.18. The molecule has 0 saturated heterocycles. The van der Waals surface area contributed by atoms with Gasteiger partial charge in [-0.1, -0.05) is 0 Å². The Labute approximate surface area is 75.7 Å². The van der Waals surface area contributed by atoms with Crippen LogP contribution in [0.5, 0.6) is 0 Å². The summed E-state index contributed by atoms with van der Waals surface area (Å²) in [6, 6.07) is 0.396. The highest BCUT2D eigenvalue weighted by Crippen LogP contribution is 2.24. The maximum Gasteiger partial charge on any atom is 0.199 e. The third-order valence-corrected chi connectivity index (χ3v) is 1.34. The van der Waals surface area contributed by atoms with Crippen LogP contribution in [-0.2, 0) is 0 Å². The average molecular weight is 207 g/mol. The molecular formula is C7HF4NS. The van der Waals surface area contributed by atoms with E-state index in [2.05, 4.69) is 17.2 Å². The van der Waals surface area contributed by atoms with E-state index in [9.17, 15) is 17.6 Å². The third kappa shape index (κ3) is 1.74. The van der Waals surface area contributed by atoms with Crippen LogP contribution in [0, 0.1) is 23.3 Å². The van der Waals surface area contributed by atoms with Gasteiger partial charge in [0.25, 0.3) is 0 Å². The van der Waals surface area contributed by atoms with Gasteiger partial charge in [0.15, 0.2) is 23.3 Å². The van der Waals surface area contributed by atoms with Crippen molar-refractivity contribution in [3.8, 4) is 0 Å². The van der Waals surface area contributed by atoms with Gasteiger partial charge in [0, 0.05) is 6.07 Å². The standard InChI is InChI=1S/C7HF4NS/c8-3-1-4(12-2-13)6(10)7(11)5(3)9/h1H. The van der Waals surface area contributed by atoms with Gasteiger partial charge in [-0.2, -0.15) is 4.99 Å². The van der Waals surface area contributed by atoms with Gasteiger partial charge in [-0.25, -0.2) is 17.6 Å². The first-order valence-electron chi connectivity index (χ1n) is 2.98. The predicted molar refractivity (Wildman–Crippen MR) is 41.0 cm³/mol. The van der Waals surface area contributed by atoms with Crippen molar-refractivity contribution in [2.75, 3.05) is 0 Å². The van der Waals surface area contributed by atoms with Gasteiger partial charge < -0.3 is 0 Å². The quantitative estimate of drug-likeness (QED) is 0.227. The molecule has 0 aromatic heterocycles. The second-order valence-corrected chi connectivity index (χ2v) is 2.21. The van der Waals surface area contributed by atoms with Gasteiger partial charge in [-0.15, -0.1) is 0 Å². The molecule has 0 N–H and O–H groups in total. The Hall–Kier alpha value is -1.26. The molecule has 0 heterocycles. The second-order valence-electron chi connectivity index (χ2n) is 2.02. The summed E-state index contributed by atoms with van der Waals surface area (Å²) in [5.74, 6) is -6.90. The topological polar surface area (TPSA) is 12.4 Å². The zero-order valence-corrected chi connectivity index (χ0v) is 6.76. The lowest BCUT2D eigenvalue weighted by Crippen LogP contribution is -1.94. The van der Waals surface area contributed by atoms with Crippen LogP contribution < -0.4 is 0 Å². The van der Waals surface area contributed by atoms with Gasteiger partial charge >= 0.3 is 0 Å². The van der Waals surface area contributed by atoms with Crippen LogP contribution in [0.2, 0.25) is 0 Å². The van der Waals surface area contributed by atoms with Crippen molar-refractivity contribution in [2.45, 2.75) is 0 Å². The van der Waals surface area contributed by atoms with Gasteiger partial charge in [0.1, 0.15) is 5.69 Å². The van der Waals surface area contributed by atoms with Crippen LogP contribution in [0.15, 0.2) is 11.1 Å². The molecule has 0 fully saturated rings. The number of benzene rings is 1. The highest BCUT2D eigenvalue weighted by atomic mass is 32.1. The Morgan fingerprint density at radius 2 is 1.69 bits per heavy atom. The number of rotatable bonds is 1. The zero-order valence-electron chi connectivity index (χ0n) is 5.94. The van der Waals surface area contributed by atoms with Crippen molar-refractivity contribution in [1.29, 1.82) is 0 Å². The van der Waals surface area contributed by atoms with Crippen molar-refractivity contribution in [1.82, 2.24) is 0 Å². The van der Waals surface area contributed by atoms with Gasteiger partial charge in [0.2, 0.25) is 0 Å². The molecule has 0 atom stereocenters. The molecule has 0 spiro atoms. The molecule has 0 saturated carbocycles. The zero-order chi connectivity index (χ0) is 10.0. The first-order chi connectivity index (χ1) is 6.07. The summed E-state index contributed by atoms with van der Waals surface area (Å²) in [5.41, 5.74) is -0.716. The van der Waals surface area contributed by atoms with Crippen LogP contribution >= 0.6 is 12.2 Å². The van der Waals surface area contributed by atoms with E-state index in [-0.39, 0.29) is 0 Å². The molecule has 0 radical (unpaired) electrons. The van der Waals surface area contributed by atoms with Crippen molar-refractivity contribution in [3.63, 3.8) is 0 Å². The molecule has 0 bridgehead atoms. The van der Waals surface area contributed by atoms with E-state index in [1.54, 1.807) is 5.16 Å². The fourth-order valence-electron chi connectivity index (χ4n) is 0.691. The molecule has 13 heavy (non-hydrogen) atoms. The van der Waals surface area contributed by atoms with Gasteiger partial charge in [-0.05, 0) is 12.2 Å². The van der Waals surface area contributed by atoms with E-state index in [4.69, 9.17) is 0 Å². The van der Waals surface area contributed by atoms with Gasteiger partial charge in [0.05, 0.1) is 5.16 Å². The summed E-state index contributed by atoms with van der Waals surface area (Å²) in [5, 5.41) is 1.71. The van der Waals surface area contributed by atoms with Crippen molar-refractivity contribution in [2.24, 2.45) is 4.99 Å². The lowest BCUT2D eigenvalue weighted by molar-refractivity contribution is 0.410. The molecule has 0 aliphatic carbocycles. The molecule has 0 unspecified atom stereocenters. The first kappa shape index (κ1) is 9.83. The lowest BCUT2D eigenvalue weighted by atomic mass is 10.3. The maximum absolute atomic E-state index is 12.7. The highest BCUT2D eigenvalue weighted by molar-refractivity contribution is 7.78. The molecule has 0 amide bonds. The van der Waals surface area contributed by atoms with Crippen LogP contribution in [0.4, 0.5) is 23.2 Å². The molecular weight excluding hydrogens is 206 g/mol. The number of nitrogens with zero attached hydrogens (tertiary/aromatic N) is 1. The average Bonchev–Trinajstić information content (AvgIpc) is 2.11. The van der Waals surface area contributed by atoms with Crippen LogP contribution in [0.1, 0.15) is 0 Å². The molecule has 0 aliphatic heterocycles. The van der Waals surface area contributed by atoms with E-state index in [0.717, 1.165) is 0 Å². The summed E-state index contributed by atoms with van der Waals surface area (Å²) in [4.78, 5) is 3.01. The Morgan fingerprint density at radius 3 is 2.23 bits per heavy atom. The fourth-order valence-corrected chi connectivity index (χ4v) is 0.789. The lowest BCUT2D eigenvalue weighted by Gasteiger charge is -1.98. The normalized spacial score (nSPS) is 9.54. The van der Waals surface area contributed by atoms with E-state index >= 15 is 0 Å². The van der Waals surface area contributed by atoms with Crippen molar-refractivity contribution >= 4 is 23.1 Å². The largest absolute Gasteiger partial charge is 0.204 e. The maximum atomic E-state index is 12.7. The number of hydrogen-bond donors (Lipinski definition) is 0. The van der Waals surface area contributed by atoms with Crippen LogP contribution in [0.3, 0.4) is 0 Å². The number of aliphatic imine (C=N–C) groups is 1. The number of isothiocyanates is 1. The minimum atomic E-state index is -1.91. The Kier molecular flexibility index (Phi) is 2.75. The second kappa shape index (κ2) is 3.64. The molecule has 68 valence electrons. The Bertz CT molecular complexity index is 398. The fraction of sp³-hybridized carbons (Fsp3) is 0. The van der Waals surface area contributed by atoms with E-state index < -0.39 is 29.0 Å². The Morgan fingerprint density at radius 1 is 1.08 bits per heavy atom. The number of hydrogen-bond acceptors (Lipinski definition) is 2. The minimum Gasteiger partial charge on any atom is -0.204 e. The Balaban J connectivity index is 3.49. The van der Waals surface area contributed by atoms with Crippen molar-refractivity contribution < 1.29 is 17.6 Å². The minimum absolute atomic E-state index is 0.396. The molecule has 0 aliphatic rings. The summed E-state index contributed by atoms with van der Waals surface area (Å²) in [6.07, 6.45) is 0. The monoisotopic (exact) mass is 207 g/mol. The number of halogens is 4.